The summed E-state index contributed by atoms with van der Waals surface area (Å²) in [5, 5.41) is 3.68. The van der Waals surface area contributed by atoms with Gasteiger partial charge in [0.05, 0.1) is 0 Å². The van der Waals surface area contributed by atoms with Gasteiger partial charge in [-0.3, -0.25) is 0 Å². The maximum absolute atomic E-state index is 3.68. The van der Waals surface area contributed by atoms with E-state index in [1.807, 2.05) is 0 Å². The van der Waals surface area contributed by atoms with Gasteiger partial charge in [0.15, 0.2) is 0 Å². The fraction of sp³-hybridized carbons (Fsp3) is 1.00. The lowest BCUT2D eigenvalue weighted by atomic mass is 9.69. The first-order chi connectivity index (χ1) is 9.54. The Balaban J connectivity index is 2.43. The van der Waals surface area contributed by atoms with E-state index >= 15 is 0 Å². The van der Waals surface area contributed by atoms with Crippen molar-refractivity contribution in [3.63, 3.8) is 0 Å². The molecule has 0 heterocycles. The van der Waals surface area contributed by atoms with Gasteiger partial charge in [-0.25, -0.2) is 0 Å². The largest absolute Gasteiger partial charge is 0.316 e. The Morgan fingerprint density at radius 1 is 1.05 bits per heavy atom. The van der Waals surface area contributed by atoms with E-state index in [1.165, 1.54) is 58.0 Å². The van der Waals surface area contributed by atoms with E-state index in [4.69, 9.17) is 0 Å². The van der Waals surface area contributed by atoms with Gasteiger partial charge in [0.1, 0.15) is 0 Å². The Labute approximate surface area is 128 Å². The van der Waals surface area contributed by atoms with Crippen molar-refractivity contribution in [2.75, 3.05) is 13.1 Å². The standard InChI is InChI=1S/C19H39N/c1-6-12-20-14-19-11-10-17(16(4)5)13-18(19)9-7-8-15(2)3/h15-20H,6-14H2,1-5H3. The van der Waals surface area contributed by atoms with Gasteiger partial charge in [-0.2, -0.15) is 0 Å². The van der Waals surface area contributed by atoms with Gasteiger partial charge in [0.25, 0.3) is 0 Å². The summed E-state index contributed by atoms with van der Waals surface area (Å²) in [7, 11) is 0. The Hall–Kier alpha value is -0.0400. The van der Waals surface area contributed by atoms with E-state index in [0.717, 1.165) is 29.6 Å². The first kappa shape index (κ1) is 18.0. The molecule has 3 unspecified atom stereocenters. The van der Waals surface area contributed by atoms with Crippen molar-refractivity contribution in [3.05, 3.63) is 0 Å². The average molecular weight is 282 g/mol. The molecule has 20 heavy (non-hydrogen) atoms. The number of rotatable bonds is 9. The zero-order valence-electron chi connectivity index (χ0n) is 14.8. The second kappa shape index (κ2) is 9.82. The maximum Gasteiger partial charge on any atom is -0.00179 e. The molecule has 0 bridgehead atoms. The summed E-state index contributed by atoms with van der Waals surface area (Å²) in [6.45, 7) is 14.3. The van der Waals surface area contributed by atoms with Crippen LogP contribution in [0.3, 0.4) is 0 Å². The molecular formula is C19H39N. The Morgan fingerprint density at radius 3 is 2.40 bits per heavy atom. The fourth-order valence-corrected chi connectivity index (χ4v) is 3.84. The maximum atomic E-state index is 3.68. The lowest BCUT2D eigenvalue weighted by Crippen LogP contribution is -2.34. The van der Waals surface area contributed by atoms with Crippen molar-refractivity contribution in [3.8, 4) is 0 Å². The zero-order valence-corrected chi connectivity index (χ0v) is 14.8. The molecule has 3 atom stereocenters. The average Bonchev–Trinajstić information content (AvgIpc) is 2.39. The van der Waals surface area contributed by atoms with Crippen LogP contribution < -0.4 is 5.32 Å². The number of nitrogens with one attached hydrogen (secondary N) is 1. The van der Waals surface area contributed by atoms with Crippen LogP contribution in [0.25, 0.3) is 0 Å². The molecule has 0 saturated heterocycles. The van der Waals surface area contributed by atoms with Crippen molar-refractivity contribution >= 4 is 0 Å². The molecule has 1 saturated carbocycles. The number of hydrogen-bond donors (Lipinski definition) is 1. The van der Waals surface area contributed by atoms with Gasteiger partial charge < -0.3 is 5.32 Å². The van der Waals surface area contributed by atoms with Crippen molar-refractivity contribution in [2.45, 2.75) is 79.6 Å². The van der Waals surface area contributed by atoms with Crippen LogP contribution in [-0.2, 0) is 0 Å². The molecule has 0 amide bonds. The minimum atomic E-state index is 0.871. The SMILES string of the molecule is CCCNCC1CCC(C(C)C)CC1CCCC(C)C. The molecule has 1 fully saturated rings. The second-order valence-electron chi connectivity index (χ2n) is 7.87. The predicted molar refractivity (Wildman–Crippen MR) is 91.0 cm³/mol. The van der Waals surface area contributed by atoms with E-state index in [0.29, 0.717) is 0 Å². The zero-order chi connectivity index (χ0) is 15.0. The third kappa shape index (κ3) is 6.61. The molecule has 0 spiro atoms. The molecule has 1 N–H and O–H groups in total. The molecule has 1 nitrogen and oxygen atoms in total. The molecule has 1 aliphatic rings. The molecule has 0 aromatic carbocycles. The lowest BCUT2D eigenvalue weighted by molar-refractivity contribution is 0.134. The van der Waals surface area contributed by atoms with Gasteiger partial charge in [0, 0.05) is 0 Å². The van der Waals surface area contributed by atoms with Crippen molar-refractivity contribution < 1.29 is 0 Å². The van der Waals surface area contributed by atoms with E-state index < -0.39 is 0 Å². The molecule has 1 aliphatic carbocycles. The Morgan fingerprint density at radius 2 is 1.80 bits per heavy atom. The van der Waals surface area contributed by atoms with Crippen LogP contribution in [0, 0.1) is 29.6 Å². The lowest BCUT2D eigenvalue weighted by Gasteiger charge is -2.38. The van der Waals surface area contributed by atoms with Gasteiger partial charge in [-0.15, -0.1) is 0 Å². The van der Waals surface area contributed by atoms with Gasteiger partial charge in [-0.1, -0.05) is 53.9 Å². The summed E-state index contributed by atoms with van der Waals surface area (Å²) in [6, 6.07) is 0. The predicted octanol–water partition coefficient (Wildman–Crippen LogP) is 5.50. The summed E-state index contributed by atoms with van der Waals surface area (Å²) in [5.74, 6) is 4.67. The fourth-order valence-electron chi connectivity index (χ4n) is 3.84. The molecule has 0 aliphatic heterocycles. The minimum absolute atomic E-state index is 0.871. The van der Waals surface area contributed by atoms with Gasteiger partial charge in [-0.05, 0) is 68.4 Å². The summed E-state index contributed by atoms with van der Waals surface area (Å²) in [4.78, 5) is 0. The highest BCUT2D eigenvalue weighted by Gasteiger charge is 2.31. The molecule has 0 aromatic heterocycles. The Kier molecular flexibility index (Phi) is 8.84. The van der Waals surface area contributed by atoms with Crippen LogP contribution in [-0.4, -0.2) is 13.1 Å². The van der Waals surface area contributed by atoms with Crippen LogP contribution in [0.5, 0.6) is 0 Å². The molecule has 0 aromatic rings. The summed E-state index contributed by atoms with van der Waals surface area (Å²) >= 11 is 0. The summed E-state index contributed by atoms with van der Waals surface area (Å²) < 4.78 is 0. The molecule has 1 rings (SSSR count). The summed E-state index contributed by atoms with van der Waals surface area (Å²) in [5.41, 5.74) is 0. The molecular weight excluding hydrogens is 242 g/mol. The molecule has 1 heteroatoms. The monoisotopic (exact) mass is 281 g/mol. The third-order valence-corrected chi connectivity index (χ3v) is 5.31. The van der Waals surface area contributed by atoms with Gasteiger partial charge in [0.2, 0.25) is 0 Å². The number of hydrogen-bond acceptors (Lipinski definition) is 1. The molecule has 120 valence electrons. The van der Waals surface area contributed by atoms with Crippen molar-refractivity contribution in [2.24, 2.45) is 29.6 Å². The third-order valence-electron chi connectivity index (χ3n) is 5.31. The summed E-state index contributed by atoms with van der Waals surface area (Å²) in [6.07, 6.45) is 10.0. The van der Waals surface area contributed by atoms with E-state index in [9.17, 15) is 0 Å². The highest BCUT2D eigenvalue weighted by atomic mass is 14.9. The van der Waals surface area contributed by atoms with Crippen LogP contribution in [0.4, 0.5) is 0 Å². The van der Waals surface area contributed by atoms with Crippen LogP contribution in [0.1, 0.15) is 79.6 Å². The van der Waals surface area contributed by atoms with Crippen molar-refractivity contribution in [1.29, 1.82) is 0 Å². The van der Waals surface area contributed by atoms with E-state index in [2.05, 4.69) is 39.9 Å². The van der Waals surface area contributed by atoms with E-state index in [1.54, 1.807) is 0 Å². The normalized spacial score (nSPS) is 27.4. The van der Waals surface area contributed by atoms with E-state index in [-0.39, 0.29) is 0 Å². The minimum Gasteiger partial charge on any atom is -0.316 e. The van der Waals surface area contributed by atoms with Crippen LogP contribution >= 0.6 is 0 Å². The molecule has 0 radical (unpaired) electrons. The highest BCUT2D eigenvalue weighted by Crippen LogP contribution is 2.39. The highest BCUT2D eigenvalue weighted by molar-refractivity contribution is 4.83. The second-order valence-corrected chi connectivity index (χ2v) is 7.87. The van der Waals surface area contributed by atoms with Gasteiger partial charge >= 0.3 is 0 Å². The topological polar surface area (TPSA) is 12.0 Å². The Bertz CT molecular complexity index is 234. The van der Waals surface area contributed by atoms with Crippen LogP contribution in [0.2, 0.25) is 0 Å². The van der Waals surface area contributed by atoms with Crippen LogP contribution in [0.15, 0.2) is 0 Å². The first-order valence-electron chi connectivity index (χ1n) is 9.25. The van der Waals surface area contributed by atoms with Crippen molar-refractivity contribution in [1.82, 2.24) is 5.32 Å². The first-order valence-corrected chi connectivity index (χ1v) is 9.25. The quantitative estimate of drug-likeness (QED) is 0.550. The smallest absolute Gasteiger partial charge is 0.00179 e.